The predicted octanol–water partition coefficient (Wildman–Crippen LogP) is 1.06. The molecule has 7 nitrogen and oxygen atoms in total. The first-order valence-electron chi connectivity index (χ1n) is 9.00. The number of rotatable bonds is 4. The van der Waals surface area contributed by atoms with Gasteiger partial charge < -0.3 is 9.80 Å². The van der Waals surface area contributed by atoms with Crippen LogP contribution in [-0.2, 0) is 9.84 Å². The summed E-state index contributed by atoms with van der Waals surface area (Å²) in [6.07, 6.45) is 0. The van der Waals surface area contributed by atoms with Crippen LogP contribution in [0.25, 0.3) is 11.0 Å². The summed E-state index contributed by atoms with van der Waals surface area (Å²) < 4.78 is 26.5. The van der Waals surface area contributed by atoms with E-state index < -0.39 is 15.1 Å². The van der Waals surface area contributed by atoms with Gasteiger partial charge in [-0.3, -0.25) is 0 Å². The number of para-hydroxylation sites is 2. The molecule has 0 amide bonds. The first-order chi connectivity index (χ1) is 13.5. The highest BCUT2D eigenvalue weighted by molar-refractivity contribution is 7.93. The summed E-state index contributed by atoms with van der Waals surface area (Å²) in [5.74, 6) is 0.498. The Morgan fingerprint density at radius 1 is 1.14 bits per heavy atom. The first-order valence-corrected chi connectivity index (χ1v) is 11.4. The van der Waals surface area contributed by atoms with Crippen LogP contribution in [0.1, 0.15) is 10.9 Å². The van der Waals surface area contributed by atoms with E-state index in [9.17, 15) is 13.7 Å². The molecule has 28 heavy (non-hydrogen) atoms. The number of aromatic nitrogens is 2. The lowest BCUT2D eigenvalue weighted by Crippen LogP contribution is -3.12. The predicted molar refractivity (Wildman–Crippen MR) is 108 cm³/mol. The van der Waals surface area contributed by atoms with E-state index in [1.165, 1.54) is 11.0 Å². The Kier molecular flexibility index (Phi) is 5.02. The zero-order chi connectivity index (χ0) is 19.7. The van der Waals surface area contributed by atoms with Crippen molar-refractivity contribution in [2.45, 2.75) is 9.46 Å². The highest BCUT2D eigenvalue weighted by Crippen LogP contribution is 2.35. The Labute approximate surface area is 167 Å². The lowest BCUT2D eigenvalue weighted by atomic mass is 10.2. The van der Waals surface area contributed by atoms with Crippen LogP contribution in [0.3, 0.4) is 0 Å². The second-order valence-electron chi connectivity index (χ2n) is 6.85. The molecule has 1 aromatic carbocycles. The van der Waals surface area contributed by atoms with Crippen LogP contribution in [0.2, 0.25) is 0 Å². The number of nitriles is 1. The molecule has 3 aromatic rings. The number of nitrogens with zero attached hydrogens (tertiary/aromatic N) is 4. The minimum atomic E-state index is -3.88. The second kappa shape index (κ2) is 7.47. The molecule has 1 aliphatic rings. The fourth-order valence-electron chi connectivity index (χ4n) is 3.33. The molecule has 0 bridgehead atoms. The summed E-state index contributed by atoms with van der Waals surface area (Å²) in [4.78, 5) is 12.8. The van der Waals surface area contributed by atoms with Crippen molar-refractivity contribution in [1.29, 1.82) is 5.26 Å². The number of sulfone groups is 1. The quantitative estimate of drug-likeness (QED) is 0.687. The number of quaternary nitrogens is 1. The molecule has 0 unspecified atom stereocenters. The van der Waals surface area contributed by atoms with Gasteiger partial charge in [-0.25, -0.2) is 18.4 Å². The molecular weight excluding hydrogens is 394 g/mol. The van der Waals surface area contributed by atoms with Crippen molar-refractivity contribution in [3.8, 4) is 6.07 Å². The molecular formula is C19H20N5O2S2+. The fraction of sp³-hybridized carbons (Fsp3) is 0.316. The molecule has 9 heteroatoms. The molecule has 1 fully saturated rings. The van der Waals surface area contributed by atoms with E-state index in [1.807, 2.05) is 24.3 Å². The van der Waals surface area contributed by atoms with E-state index >= 15 is 0 Å². The van der Waals surface area contributed by atoms with Gasteiger partial charge in [0.05, 0.1) is 50.3 Å². The largest absolute Gasteiger partial charge is 0.344 e. The maximum absolute atomic E-state index is 13.1. The number of piperazine rings is 1. The highest BCUT2D eigenvalue weighted by atomic mass is 32.2. The van der Waals surface area contributed by atoms with Crippen molar-refractivity contribution in [3.05, 3.63) is 47.5 Å². The van der Waals surface area contributed by atoms with Crippen molar-refractivity contribution in [1.82, 2.24) is 9.97 Å². The van der Waals surface area contributed by atoms with Gasteiger partial charge in [-0.2, -0.15) is 5.26 Å². The average molecular weight is 415 g/mol. The molecule has 0 spiro atoms. The van der Waals surface area contributed by atoms with Gasteiger partial charge in [-0.05, 0) is 23.6 Å². The summed E-state index contributed by atoms with van der Waals surface area (Å²) >= 11 is 1.11. The van der Waals surface area contributed by atoms with Gasteiger partial charge in [0, 0.05) is 0 Å². The zero-order valence-corrected chi connectivity index (χ0v) is 17.0. The van der Waals surface area contributed by atoms with Crippen molar-refractivity contribution in [2.75, 3.05) is 38.1 Å². The Hall–Kier alpha value is -2.54. The zero-order valence-electron chi connectivity index (χ0n) is 15.4. The van der Waals surface area contributed by atoms with Gasteiger partial charge in [-0.15, -0.1) is 11.3 Å². The average Bonchev–Trinajstić information content (AvgIpc) is 3.24. The minimum absolute atomic E-state index is 0.169. The van der Waals surface area contributed by atoms with Crippen LogP contribution in [-0.4, -0.2) is 51.6 Å². The van der Waals surface area contributed by atoms with E-state index in [4.69, 9.17) is 4.98 Å². The van der Waals surface area contributed by atoms with E-state index in [-0.39, 0.29) is 9.90 Å². The van der Waals surface area contributed by atoms with Gasteiger partial charge >= 0.3 is 0 Å². The van der Waals surface area contributed by atoms with E-state index in [1.54, 1.807) is 17.5 Å². The smallest absolute Gasteiger partial charge is 0.209 e. The Morgan fingerprint density at radius 2 is 1.82 bits per heavy atom. The molecule has 0 aliphatic carbocycles. The number of anilines is 1. The van der Waals surface area contributed by atoms with Crippen molar-refractivity contribution in [3.63, 3.8) is 0 Å². The third-order valence-electron chi connectivity index (χ3n) is 4.95. The maximum Gasteiger partial charge on any atom is 0.209 e. The van der Waals surface area contributed by atoms with Crippen LogP contribution >= 0.6 is 11.3 Å². The first kappa shape index (κ1) is 18.8. The molecule has 1 N–H and O–H groups in total. The molecule has 144 valence electrons. The fourth-order valence-corrected chi connectivity index (χ4v) is 5.86. The summed E-state index contributed by atoms with van der Waals surface area (Å²) in [5.41, 5.74) is 1.49. The molecule has 1 atom stereocenters. The van der Waals surface area contributed by atoms with Crippen LogP contribution in [0.15, 0.2) is 46.0 Å². The molecule has 3 heterocycles. The Balaban J connectivity index is 1.88. The summed E-state index contributed by atoms with van der Waals surface area (Å²) in [6.45, 7) is 3.32. The number of hydrogen-bond donors (Lipinski definition) is 1. The lowest BCUT2D eigenvalue weighted by Gasteiger charge is -2.32. The van der Waals surface area contributed by atoms with Gasteiger partial charge in [0.2, 0.25) is 9.84 Å². The number of likely N-dealkylation sites (N-methyl/N-ethyl adjacent to an activating group) is 1. The number of nitrogens with one attached hydrogen (secondary N) is 1. The molecule has 2 aromatic heterocycles. The molecule has 0 saturated carbocycles. The highest BCUT2D eigenvalue weighted by Gasteiger charge is 2.36. The van der Waals surface area contributed by atoms with Crippen LogP contribution < -0.4 is 9.80 Å². The van der Waals surface area contributed by atoms with Crippen LogP contribution in [0.5, 0.6) is 0 Å². The number of benzene rings is 1. The number of fused-ring (bicyclic) bond motifs is 1. The third-order valence-corrected chi connectivity index (χ3v) is 8.24. The molecule has 1 aliphatic heterocycles. The molecule has 4 rings (SSSR count). The lowest BCUT2D eigenvalue weighted by molar-refractivity contribution is -0.880. The van der Waals surface area contributed by atoms with E-state index in [2.05, 4.69) is 16.9 Å². The standard InChI is InChI=1S/C19H19N5O2S2/c1-23-8-10-24(11-9-23)19-18(21-14-5-2-3-6-15(14)22-19)16(13-20)28(25,26)17-7-4-12-27-17/h2-7,12,16H,8-11H2,1H3/p+1/t16-/m1/s1. The normalized spacial score (nSPS) is 16.8. The van der Waals surface area contributed by atoms with Crippen molar-refractivity contribution < 1.29 is 13.3 Å². The van der Waals surface area contributed by atoms with Gasteiger partial charge in [0.1, 0.15) is 9.90 Å². The van der Waals surface area contributed by atoms with E-state index in [0.29, 0.717) is 16.9 Å². The Morgan fingerprint density at radius 3 is 2.43 bits per heavy atom. The SMILES string of the molecule is C[NH+]1CCN(c2nc3ccccc3nc2[C@@H](C#N)S(=O)(=O)c2cccs2)CC1. The summed E-state index contributed by atoms with van der Waals surface area (Å²) in [5, 5.41) is 10.1. The summed E-state index contributed by atoms with van der Waals surface area (Å²) in [7, 11) is -1.75. The molecule has 0 radical (unpaired) electrons. The van der Waals surface area contributed by atoms with Gasteiger partial charge in [0.15, 0.2) is 11.1 Å². The Bertz CT molecular complexity index is 1130. The third kappa shape index (κ3) is 3.35. The van der Waals surface area contributed by atoms with E-state index in [0.717, 1.165) is 37.5 Å². The second-order valence-corrected chi connectivity index (χ2v) is 10.1. The minimum Gasteiger partial charge on any atom is -0.344 e. The summed E-state index contributed by atoms with van der Waals surface area (Å²) in [6, 6.07) is 12.5. The van der Waals surface area contributed by atoms with Gasteiger partial charge in [0.25, 0.3) is 0 Å². The topological polar surface area (TPSA) is 91.4 Å². The monoisotopic (exact) mass is 414 g/mol. The maximum atomic E-state index is 13.1. The van der Waals surface area contributed by atoms with Crippen molar-refractivity contribution in [2.24, 2.45) is 0 Å². The number of thiophene rings is 1. The van der Waals surface area contributed by atoms with Crippen LogP contribution in [0, 0.1) is 11.3 Å². The van der Waals surface area contributed by atoms with Gasteiger partial charge in [-0.1, -0.05) is 18.2 Å². The van der Waals surface area contributed by atoms with Crippen molar-refractivity contribution >= 4 is 38.0 Å². The number of hydrogen-bond acceptors (Lipinski definition) is 7. The molecule has 1 saturated heterocycles. The van der Waals surface area contributed by atoms with Crippen LogP contribution in [0.4, 0.5) is 5.82 Å².